The van der Waals surface area contributed by atoms with Crippen molar-refractivity contribution in [2.24, 2.45) is 0 Å². The first-order valence-electron chi connectivity index (χ1n) is 10.6. The number of benzene rings is 2. The van der Waals surface area contributed by atoms with E-state index in [-0.39, 0.29) is 16.5 Å². The molecule has 0 aliphatic rings. The van der Waals surface area contributed by atoms with Gasteiger partial charge in [0.2, 0.25) is 0 Å². The molecule has 5 aromatic rings. The number of hydrogen-bond acceptors (Lipinski definition) is 6. The van der Waals surface area contributed by atoms with Crippen LogP contribution in [0.25, 0.3) is 27.8 Å². The van der Waals surface area contributed by atoms with Crippen LogP contribution in [0, 0.1) is 18.6 Å². The summed E-state index contributed by atoms with van der Waals surface area (Å²) in [5.41, 5.74) is 7.21. The predicted molar refractivity (Wildman–Crippen MR) is 128 cm³/mol. The Morgan fingerprint density at radius 2 is 1.85 bits per heavy atom. The monoisotopic (exact) mass is 523 g/mol. The van der Waals surface area contributed by atoms with Gasteiger partial charge in [-0.05, 0) is 0 Å². The van der Waals surface area contributed by atoms with Crippen LogP contribution >= 0.6 is 0 Å². The van der Waals surface area contributed by atoms with Gasteiger partial charge in [-0.25, -0.2) is 0 Å². The molecule has 11 heteroatoms. The summed E-state index contributed by atoms with van der Waals surface area (Å²) in [4.78, 5) is 34.3. The number of hydrogen-bond donors (Lipinski definition) is 2. The van der Waals surface area contributed by atoms with Gasteiger partial charge in [-0.3, -0.25) is 0 Å². The van der Waals surface area contributed by atoms with Gasteiger partial charge in [0.25, 0.3) is 0 Å². The summed E-state index contributed by atoms with van der Waals surface area (Å²) in [6.07, 6.45) is 2.08. The van der Waals surface area contributed by atoms with Crippen LogP contribution in [-0.4, -0.2) is 45.2 Å². The minimum absolute atomic E-state index is 0.102. The number of para-hydroxylation sites is 1. The third kappa shape index (κ3) is 3.64. The molecular weight excluding hydrogens is 503 g/mol. The molecule has 0 saturated carbocycles. The van der Waals surface area contributed by atoms with Gasteiger partial charge in [0, 0.05) is 0 Å². The number of imidazole rings is 1. The Bertz CT molecular complexity index is 1590. The molecule has 0 radical (unpaired) electrons. The summed E-state index contributed by atoms with van der Waals surface area (Å²) >= 11 is -1.17. The van der Waals surface area contributed by atoms with Crippen LogP contribution in [-0.2, 0) is 0 Å². The second kappa shape index (κ2) is 8.61. The van der Waals surface area contributed by atoms with Crippen molar-refractivity contribution in [1.29, 1.82) is 0 Å². The van der Waals surface area contributed by atoms with Crippen molar-refractivity contribution in [3.8, 4) is 5.69 Å². The number of nitrogen functional groups attached to an aromatic ring is 1. The molecule has 172 valence electrons. The van der Waals surface area contributed by atoms with Gasteiger partial charge in [0.15, 0.2) is 0 Å². The Morgan fingerprint density at radius 1 is 1.12 bits per heavy atom. The van der Waals surface area contributed by atoms with E-state index in [4.69, 9.17) is 10.7 Å². The zero-order chi connectivity index (χ0) is 24.0. The quantitative estimate of drug-likeness (QED) is 0.342. The number of aromatic nitrogens is 6. The molecule has 3 N–H and O–H groups in total. The van der Waals surface area contributed by atoms with E-state index < -0.39 is 38.6 Å². The van der Waals surface area contributed by atoms with Crippen molar-refractivity contribution >= 4 is 48.2 Å². The van der Waals surface area contributed by atoms with Gasteiger partial charge in [-0.2, -0.15) is 0 Å². The number of nitrogens with zero attached hydrogens (tertiary/aromatic N) is 5. The van der Waals surface area contributed by atoms with Gasteiger partial charge < -0.3 is 0 Å². The van der Waals surface area contributed by atoms with Crippen molar-refractivity contribution in [3.63, 3.8) is 0 Å². The zero-order valence-electron chi connectivity index (χ0n) is 18.3. The van der Waals surface area contributed by atoms with E-state index in [1.165, 1.54) is 12.4 Å². The van der Waals surface area contributed by atoms with Crippen LogP contribution in [0.4, 0.5) is 14.7 Å². The third-order valence-corrected chi connectivity index (χ3v) is 9.05. The average Bonchev–Trinajstić information content (AvgIpc) is 3.27. The van der Waals surface area contributed by atoms with Crippen molar-refractivity contribution in [3.05, 3.63) is 76.1 Å². The molecule has 0 aliphatic carbocycles. The summed E-state index contributed by atoms with van der Waals surface area (Å²) in [5, 5.41) is 0.324. The number of aryl methyl sites for hydroxylation is 1. The maximum atomic E-state index is 14.9. The summed E-state index contributed by atoms with van der Waals surface area (Å²) in [6, 6.07) is 8.84. The van der Waals surface area contributed by atoms with E-state index >= 15 is 0 Å². The summed E-state index contributed by atoms with van der Waals surface area (Å²) in [7, 11) is 0. The molecule has 2 atom stereocenters. The Labute approximate surface area is 199 Å². The normalized spacial score (nSPS) is 12.8. The number of H-pyrrole nitrogens is 1. The summed E-state index contributed by atoms with van der Waals surface area (Å²) < 4.78 is 31.3. The van der Waals surface area contributed by atoms with Gasteiger partial charge >= 0.3 is 199 Å². The topological polar surface area (TPSA) is 115 Å². The second-order valence-corrected chi connectivity index (χ2v) is 10.8. The first-order chi connectivity index (χ1) is 16.4. The molecule has 0 saturated heterocycles. The first kappa shape index (κ1) is 22.2. The molecule has 5 rings (SSSR count). The first-order valence-corrected chi connectivity index (χ1v) is 12.8. The molecule has 3 heterocycles. The van der Waals surface area contributed by atoms with E-state index in [1.807, 2.05) is 6.92 Å². The van der Waals surface area contributed by atoms with Crippen LogP contribution in [0.3, 0.4) is 0 Å². The van der Waals surface area contributed by atoms with Crippen molar-refractivity contribution in [2.75, 3.05) is 5.73 Å². The number of halogens is 2. The minimum atomic E-state index is -1.17. The summed E-state index contributed by atoms with van der Waals surface area (Å²) in [6.45, 7) is 3.71. The van der Waals surface area contributed by atoms with Crippen LogP contribution < -0.4 is 15.8 Å². The summed E-state index contributed by atoms with van der Waals surface area (Å²) in [5.74, 6) is -1.29. The third-order valence-electron chi connectivity index (χ3n) is 5.62. The predicted octanol–water partition coefficient (Wildman–Crippen LogP) is 2.43. The van der Waals surface area contributed by atoms with Crippen LogP contribution in [0.1, 0.15) is 29.4 Å². The molecule has 0 spiro atoms. The molecule has 3 aromatic heterocycles. The van der Waals surface area contributed by atoms with Crippen molar-refractivity contribution in [1.82, 2.24) is 29.5 Å². The van der Waals surface area contributed by atoms with Crippen LogP contribution in [0.2, 0.25) is 0 Å². The fraction of sp³-hybridized carbons (Fsp3) is 0.174. The molecule has 2 aromatic carbocycles. The number of anilines is 1. The van der Waals surface area contributed by atoms with E-state index in [0.29, 0.717) is 38.5 Å². The Balaban J connectivity index is 1.79. The molecule has 2 unspecified atom stereocenters. The fourth-order valence-corrected chi connectivity index (χ4v) is 6.88. The van der Waals surface area contributed by atoms with E-state index in [2.05, 4.69) is 19.9 Å². The molecular formula is C23H20AsF2N7O. The molecule has 0 bridgehead atoms. The molecule has 34 heavy (non-hydrogen) atoms. The van der Waals surface area contributed by atoms with Gasteiger partial charge in [0.05, 0.1) is 0 Å². The SMILES string of the molecule is CCC([AsH]c1nc(N)nc2[nH]cnc12)c1nc2cccc(C)c2c(=O)n1-c1c(F)cccc1F. The average molecular weight is 523 g/mol. The van der Waals surface area contributed by atoms with E-state index in [0.717, 1.165) is 16.7 Å². The number of nitrogens with two attached hydrogens (primary N) is 1. The van der Waals surface area contributed by atoms with Crippen LogP contribution in [0.5, 0.6) is 0 Å². The Morgan fingerprint density at radius 3 is 2.59 bits per heavy atom. The zero-order valence-corrected chi connectivity index (χ0v) is 20.4. The van der Waals surface area contributed by atoms with Gasteiger partial charge in [-0.1, -0.05) is 0 Å². The molecule has 0 amide bonds. The number of nitrogens with one attached hydrogen (secondary N) is 1. The van der Waals surface area contributed by atoms with Crippen molar-refractivity contribution < 1.29 is 8.78 Å². The number of aromatic amines is 1. The van der Waals surface area contributed by atoms with E-state index in [9.17, 15) is 13.6 Å². The van der Waals surface area contributed by atoms with E-state index in [1.54, 1.807) is 25.1 Å². The Kier molecular flexibility index (Phi) is 5.61. The number of rotatable bonds is 5. The Hall–Kier alpha value is -3.65. The second-order valence-electron chi connectivity index (χ2n) is 7.79. The maximum absolute atomic E-state index is 14.9. The van der Waals surface area contributed by atoms with Gasteiger partial charge in [-0.15, -0.1) is 0 Å². The van der Waals surface area contributed by atoms with Crippen LogP contribution in [0.15, 0.2) is 47.5 Å². The molecule has 0 aliphatic heterocycles. The van der Waals surface area contributed by atoms with Gasteiger partial charge in [0.1, 0.15) is 0 Å². The fourth-order valence-electron chi connectivity index (χ4n) is 4.03. The molecule has 0 fully saturated rings. The molecule has 8 nitrogen and oxygen atoms in total. The number of fused-ring (bicyclic) bond motifs is 2. The van der Waals surface area contributed by atoms with Crippen molar-refractivity contribution in [2.45, 2.75) is 25.0 Å². The standard InChI is InChI=1S/C23H20AsF2N7O/c1-3-12(24-19-17-20(29-10-28-17)32-23(27)31-19)21-30-15-9-4-6-11(2)16(15)22(34)33(21)18-13(25)7-5-8-14(18)26/h4-10,12,24H,3H2,1-2H3,(H3,27,28,29,31,32).